The van der Waals surface area contributed by atoms with Gasteiger partial charge in [-0.15, -0.1) is 0 Å². The van der Waals surface area contributed by atoms with Gasteiger partial charge >= 0.3 is 39.5 Å². The number of carbonyl (C=O) groups is 4. The number of rotatable bonds is 74. The zero-order valence-corrected chi connectivity index (χ0v) is 63.9. The first-order valence-electron chi connectivity index (χ1n) is 39.4. The van der Waals surface area contributed by atoms with Crippen LogP contribution >= 0.6 is 15.6 Å². The molecule has 95 heavy (non-hydrogen) atoms. The van der Waals surface area contributed by atoms with Crippen LogP contribution in [0.3, 0.4) is 0 Å². The van der Waals surface area contributed by atoms with Gasteiger partial charge in [0.05, 0.1) is 26.4 Å². The van der Waals surface area contributed by atoms with E-state index in [1.54, 1.807) is 0 Å². The first-order chi connectivity index (χ1) is 45.8. The van der Waals surface area contributed by atoms with Crippen LogP contribution in [-0.2, 0) is 65.4 Å². The molecule has 7 atom stereocenters. The number of carbonyl (C=O) groups excluding carboxylic acids is 4. The molecule has 0 fully saturated rings. The summed E-state index contributed by atoms with van der Waals surface area (Å²) in [6.45, 7) is 11.9. The van der Waals surface area contributed by atoms with Crippen LogP contribution < -0.4 is 0 Å². The van der Waals surface area contributed by atoms with Crippen LogP contribution in [-0.4, -0.2) is 96.7 Å². The fourth-order valence-corrected chi connectivity index (χ4v) is 13.1. The summed E-state index contributed by atoms with van der Waals surface area (Å²) in [6, 6.07) is 0. The highest BCUT2D eigenvalue weighted by atomic mass is 31.2. The van der Waals surface area contributed by atoms with E-state index in [0.717, 1.165) is 114 Å². The van der Waals surface area contributed by atoms with Gasteiger partial charge < -0.3 is 33.8 Å². The van der Waals surface area contributed by atoms with Crippen molar-refractivity contribution in [3.05, 3.63) is 0 Å². The molecule has 0 saturated heterocycles. The summed E-state index contributed by atoms with van der Waals surface area (Å²) in [5, 5.41) is 10.6. The highest BCUT2D eigenvalue weighted by Gasteiger charge is 2.30. The van der Waals surface area contributed by atoms with Gasteiger partial charge in [0.1, 0.15) is 19.3 Å². The third-order valence-corrected chi connectivity index (χ3v) is 20.3. The average molecular weight is 1400 g/mol. The molecule has 0 radical (unpaired) electrons. The molecule has 0 heterocycles. The van der Waals surface area contributed by atoms with Crippen molar-refractivity contribution in [1.82, 2.24) is 0 Å². The molecule has 0 spiro atoms. The fraction of sp³-hybridized carbons (Fsp3) is 0.947. The summed E-state index contributed by atoms with van der Waals surface area (Å²) in [4.78, 5) is 72.5. The summed E-state index contributed by atoms with van der Waals surface area (Å²) in [5.41, 5.74) is 0. The van der Waals surface area contributed by atoms with E-state index in [9.17, 15) is 43.2 Å². The Bertz CT molecular complexity index is 1860. The van der Waals surface area contributed by atoms with Crippen LogP contribution in [0.25, 0.3) is 0 Å². The van der Waals surface area contributed by atoms with Crippen molar-refractivity contribution in [3.63, 3.8) is 0 Å². The highest BCUT2D eigenvalue weighted by Crippen LogP contribution is 2.45. The van der Waals surface area contributed by atoms with Crippen molar-refractivity contribution < 1.29 is 80.2 Å². The number of hydrogen-bond donors (Lipinski definition) is 3. The number of unbranched alkanes of at least 4 members (excludes halogenated alkanes) is 40. The van der Waals surface area contributed by atoms with Gasteiger partial charge in [-0.2, -0.15) is 0 Å². The Morgan fingerprint density at radius 2 is 0.537 bits per heavy atom. The smallest absolute Gasteiger partial charge is 0.462 e. The van der Waals surface area contributed by atoms with E-state index < -0.39 is 97.5 Å². The quantitative estimate of drug-likeness (QED) is 0.0222. The Morgan fingerprint density at radius 1 is 0.305 bits per heavy atom. The minimum Gasteiger partial charge on any atom is -0.462 e. The molecular weight excluding hydrogens is 1250 g/mol. The van der Waals surface area contributed by atoms with Gasteiger partial charge in [0.2, 0.25) is 0 Å². The molecule has 564 valence electrons. The van der Waals surface area contributed by atoms with Gasteiger partial charge in [-0.3, -0.25) is 37.3 Å². The van der Waals surface area contributed by atoms with E-state index in [1.165, 1.54) is 193 Å². The summed E-state index contributed by atoms with van der Waals surface area (Å²) in [5.74, 6) is 0.327. The Hall–Kier alpha value is -1.94. The Kier molecular flexibility index (Phi) is 65.2. The first-order valence-corrected chi connectivity index (χ1v) is 42.4. The average Bonchev–Trinajstić information content (AvgIpc) is 2.43. The summed E-state index contributed by atoms with van der Waals surface area (Å²) in [7, 11) is -9.90. The molecule has 3 N–H and O–H groups in total. The van der Waals surface area contributed by atoms with Gasteiger partial charge in [-0.1, -0.05) is 337 Å². The van der Waals surface area contributed by atoms with E-state index in [-0.39, 0.29) is 25.7 Å². The third kappa shape index (κ3) is 67.6. The van der Waals surface area contributed by atoms with E-state index in [4.69, 9.17) is 37.0 Å². The molecule has 19 heteroatoms. The monoisotopic (exact) mass is 1400 g/mol. The maximum absolute atomic E-state index is 13.1. The summed E-state index contributed by atoms with van der Waals surface area (Å²) in [6.07, 6.45) is 53.0. The first kappa shape index (κ1) is 93.1. The molecule has 17 nitrogen and oxygen atoms in total. The molecule has 4 unspecified atom stereocenters. The zero-order chi connectivity index (χ0) is 70.1. The molecule has 0 aromatic carbocycles. The van der Waals surface area contributed by atoms with Gasteiger partial charge in [0, 0.05) is 25.7 Å². The molecule has 0 aliphatic carbocycles. The van der Waals surface area contributed by atoms with Crippen molar-refractivity contribution in [3.8, 4) is 0 Å². The van der Waals surface area contributed by atoms with Crippen molar-refractivity contribution in [2.45, 2.75) is 407 Å². The van der Waals surface area contributed by atoms with E-state index in [0.29, 0.717) is 25.7 Å². The molecule has 0 rings (SSSR count). The van der Waals surface area contributed by atoms with Crippen LogP contribution in [0.5, 0.6) is 0 Å². The molecule has 0 amide bonds. The number of hydrogen-bond acceptors (Lipinski definition) is 15. The topological polar surface area (TPSA) is 237 Å². The van der Waals surface area contributed by atoms with E-state index >= 15 is 0 Å². The second kappa shape index (κ2) is 66.6. The third-order valence-electron chi connectivity index (χ3n) is 18.4. The lowest BCUT2D eigenvalue weighted by Gasteiger charge is -2.21. The lowest BCUT2D eigenvalue weighted by Crippen LogP contribution is -2.30. The highest BCUT2D eigenvalue weighted by molar-refractivity contribution is 7.47. The van der Waals surface area contributed by atoms with Crippen molar-refractivity contribution in [1.29, 1.82) is 0 Å². The zero-order valence-electron chi connectivity index (χ0n) is 62.1. The van der Waals surface area contributed by atoms with Gasteiger partial charge in [0.15, 0.2) is 12.2 Å². The Balaban J connectivity index is 5.15. The van der Waals surface area contributed by atoms with E-state index in [2.05, 4.69) is 48.5 Å². The number of aliphatic hydroxyl groups excluding tert-OH is 1. The van der Waals surface area contributed by atoms with Crippen LogP contribution in [0.4, 0.5) is 0 Å². The summed E-state index contributed by atoms with van der Waals surface area (Å²) >= 11 is 0. The lowest BCUT2D eigenvalue weighted by atomic mass is 9.99. The van der Waals surface area contributed by atoms with Gasteiger partial charge in [-0.05, 0) is 43.4 Å². The predicted octanol–water partition coefficient (Wildman–Crippen LogP) is 22.2. The number of aliphatic hydroxyl groups is 1. The predicted molar refractivity (Wildman–Crippen MR) is 386 cm³/mol. The molecule has 0 aromatic rings. The largest absolute Gasteiger partial charge is 0.472 e. The van der Waals surface area contributed by atoms with Gasteiger partial charge in [-0.25, -0.2) is 9.13 Å². The van der Waals surface area contributed by atoms with Crippen LogP contribution in [0.15, 0.2) is 0 Å². The summed E-state index contributed by atoms with van der Waals surface area (Å²) < 4.78 is 68.3. The van der Waals surface area contributed by atoms with Crippen LogP contribution in [0, 0.1) is 17.8 Å². The molecule has 0 aliphatic rings. The number of ether oxygens (including phenoxy) is 4. The van der Waals surface area contributed by atoms with E-state index in [1.807, 2.05) is 0 Å². The number of phosphoric acid groups is 2. The molecule has 0 aliphatic heterocycles. The normalized spacial score (nSPS) is 14.6. The second-order valence-corrected chi connectivity index (χ2v) is 31.3. The van der Waals surface area contributed by atoms with Crippen molar-refractivity contribution >= 4 is 39.5 Å². The van der Waals surface area contributed by atoms with Crippen LogP contribution in [0.1, 0.15) is 389 Å². The molecule has 0 bridgehead atoms. The maximum atomic E-state index is 13.1. The molecule has 0 aromatic heterocycles. The minimum atomic E-state index is -4.96. The number of esters is 4. The van der Waals surface area contributed by atoms with Crippen LogP contribution in [0.2, 0.25) is 0 Å². The van der Waals surface area contributed by atoms with Crippen molar-refractivity contribution in [2.75, 3.05) is 39.6 Å². The maximum Gasteiger partial charge on any atom is 0.472 e. The second-order valence-electron chi connectivity index (χ2n) is 28.4. The lowest BCUT2D eigenvalue weighted by molar-refractivity contribution is -0.161. The van der Waals surface area contributed by atoms with Crippen molar-refractivity contribution in [2.24, 2.45) is 17.8 Å². The number of phosphoric ester groups is 2. The standard InChI is InChI=1S/C76H148O17P2/c1-8-11-12-40-50-57-73(78)86-63-71(92-75(80)60-53-46-39-33-27-26-30-36-43-49-56-69(7)10-3)65-90-94(82,83)88-61-70(77)62-89-95(84,85)91-66-72(93-76(81)59-52-45-38-32-25-21-15-13-14-18-22-28-34-41-47-54-67(4)5)64-87-74(79)58-51-44-37-31-24-20-17-16-19-23-29-35-42-48-55-68(6)9-2/h67-72,77H,8-66H2,1-7H3,(H,82,83)(H,84,85)/t68?,69?,70-,71+,72+/m0/s1. The fourth-order valence-electron chi connectivity index (χ4n) is 11.5. The molecule has 0 saturated carbocycles. The Morgan fingerprint density at radius 3 is 0.800 bits per heavy atom. The Labute approximate surface area is 581 Å². The van der Waals surface area contributed by atoms with Gasteiger partial charge in [0.25, 0.3) is 0 Å². The SMILES string of the molecule is CCCCCCCC(=O)OC[C@H](COP(=O)(O)OC[C@H](O)COP(=O)(O)OC[C@@H](COC(=O)CCCCCCCCCCCCCCCCC(C)CC)OC(=O)CCCCCCCCCCCCCCCCCC(C)C)OC(=O)CCCCCCCCCCCCC(C)CC. The molecular formula is C76H148O17P2. The minimum absolute atomic E-state index is 0.105.